The van der Waals surface area contributed by atoms with Crippen molar-refractivity contribution >= 4 is 33.8 Å². The lowest BCUT2D eigenvalue weighted by Crippen LogP contribution is -2.14. The number of thiazole rings is 1. The van der Waals surface area contributed by atoms with Crippen LogP contribution in [-0.2, 0) is 0 Å². The van der Waals surface area contributed by atoms with E-state index in [1.165, 1.54) is 36.6 Å². The zero-order chi connectivity index (χ0) is 14.7. The fourth-order valence-electron chi connectivity index (χ4n) is 1.72. The fourth-order valence-corrected chi connectivity index (χ4v) is 2.40. The van der Waals surface area contributed by atoms with Crippen molar-refractivity contribution in [2.75, 3.05) is 17.7 Å². The second-order valence-corrected chi connectivity index (χ2v) is 4.81. The highest BCUT2D eigenvalue weighted by Crippen LogP contribution is 2.28. The Morgan fingerprint density at radius 2 is 2.20 bits per heavy atom. The highest BCUT2D eigenvalue weighted by Gasteiger charge is 2.21. The van der Waals surface area contributed by atoms with Gasteiger partial charge in [-0.05, 0) is 13.0 Å². The van der Waals surface area contributed by atoms with Gasteiger partial charge in [0.25, 0.3) is 11.6 Å². The van der Waals surface area contributed by atoms with E-state index in [-0.39, 0.29) is 16.9 Å². The standard InChI is InChI=1S/C12H12N4O3S/c1-7-6-20-12(14-7)15-11(17)8-4-3-5-9(16(18)19)10(8)13-2/h3-6,13H,1-2H3,(H,14,15,17). The SMILES string of the molecule is CNc1c(C(=O)Nc2nc(C)cs2)cccc1[N+](=O)[O-]. The number of aryl methyl sites for hydroxylation is 1. The maximum absolute atomic E-state index is 12.2. The third-order valence-corrected chi connectivity index (χ3v) is 3.45. The van der Waals surface area contributed by atoms with Crippen LogP contribution in [0.4, 0.5) is 16.5 Å². The minimum absolute atomic E-state index is 0.143. The van der Waals surface area contributed by atoms with E-state index in [9.17, 15) is 14.9 Å². The average molecular weight is 292 g/mol. The predicted octanol–water partition coefficient (Wildman–Crippen LogP) is 2.65. The van der Waals surface area contributed by atoms with Gasteiger partial charge in [-0.15, -0.1) is 11.3 Å². The molecule has 8 heteroatoms. The number of para-hydroxylation sites is 1. The molecule has 0 radical (unpaired) electrons. The van der Waals surface area contributed by atoms with Gasteiger partial charge in [0.2, 0.25) is 0 Å². The number of aromatic nitrogens is 1. The molecule has 0 saturated carbocycles. The van der Waals surface area contributed by atoms with Crippen molar-refractivity contribution < 1.29 is 9.72 Å². The average Bonchev–Trinajstić information content (AvgIpc) is 2.82. The monoisotopic (exact) mass is 292 g/mol. The summed E-state index contributed by atoms with van der Waals surface area (Å²) in [6.45, 7) is 1.82. The molecule has 0 bridgehead atoms. The third-order valence-electron chi connectivity index (χ3n) is 2.57. The summed E-state index contributed by atoms with van der Waals surface area (Å²) >= 11 is 1.30. The first kappa shape index (κ1) is 13.9. The van der Waals surface area contributed by atoms with Gasteiger partial charge in [0, 0.05) is 18.5 Å². The quantitative estimate of drug-likeness (QED) is 0.667. The number of nitrogens with zero attached hydrogens (tertiary/aromatic N) is 2. The van der Waals surface area contributed by atoms with Crippen LogP contribution in [0.5, 0.6) is 0 Å². The van der Waals surface area contributed by atoms with Gasteiger partial charge in [0.15, 0.2) is 5.13 Å². The topological polar surface area (TPSA) is 97.2 Å². The minimum Gasteiger partial charge on any atom is -0.382 e. The van der Waals surface area contributed by atoms with Gasteiger partial charge in [-0.25, -0.2) is 4.98 Å². The number of anilines is 2. The summed E-state index contributed by atoms with van der Waals surface area (Å²) in [7, 11) is 1.53. The van der Waals surface area contributed by atoms with Crippen LogP contribution in [-0.4, -0.2) is 22.9 Å². The lowest BCUT2D eigenvalue weighted by Gasteiger charge is -2.08. The van der Waals surface area contributed by atoms with Crippen molar-refractivity contribution in [1.82, 2.24) is 4.98 Å². The molecule has 1 amide bonds. The van der Waals surface area contributed by atoms with Crippen LogP contribution >= 0.6 is 11.3 Å². The van der Waals surface area contributed by atoms with Crippen molar-refractivity contribution in [2.24, 2.45) is 0 Å². The summed E-state index contributed by atoms with van der Waals surface area (Å²) in [5.74, 6) is -0.438. The normalized spacial score (nSPS) is 10.1. The fraction of sp³-hybridized carbons (Fsp3) is 0.167. The summed E-state index contributed by atoms with van der Waals surface area (Å²) in [5.41, 5.74) is 1.05. The maximum Gasteiger partial charge on any atom is 0.293 e. The Bertz CT molecular complexity index is 668. The number of amides is 1. The lowest BCUT2D eigenvalue weighted by atomic mass is 10.1. The number of rotatable bonds is 4. The number of carbonyl (C=O) groups excluding carboxylic acids is 1. The highest BCUT2D eigenvalue weighted by atomic mass is 32.1. The van der Waals surface area contributed by atoms with Crippen LogP contribution in [0.15, 0.2) is 23.6 Å². The van der Waals surface area contributed by atoms with Gasteiger partial charge < -0.3 is 5.32 Å². The highest BCUT2D eigenvalue weighted by molar-refractivity contribution is 7.13. The molecule has 1 heterocycles. The zero-order valence-corrected chi connectivity index (χ0v) is 11.7. The molecule has 0 unspecified atom stereocenters. The van der Waals surface area contributed by atoms with Gasteiger partial charge in [0.05, 0.1) is 16.2 Å². The Kier molecular flexibility index (Phi) is 3.94. The first-order valence-corrected chi connectivity index (χ1v) is 6.59. The van der Waals surface area contributed by atoms with Gasteiger partial charge in [-0.2, -0.15) is 0 Å². The first-order valence-electron chi connectivity index (χ1n) is 5.71. The van der Waals surface area contributed by atoms with Crippen molar-refractivity contribution in [3.63, 3.8) is 0 Å². The Labute approximate surface area is 118 Å². The maximum atomic E-state index is 12.2. The van der Waals surface area contributed by atoms with E-state index < -0.39 is 10.8 Å². The van der Waals surface area contributed by atoms with E-state index in [4.69, 9.17) is 0 Å². The third kappa shape index (κ3) is 2.75. The summed E-state index contributed by atoms with van der Waals surface area (Å²) in [5, 5.41) is 18.5. The van der Waals surface area contributed by atoms with E-state index >= 15 is 0 Å². The van der Waals surface area contributed by atoms with E-state index in [2.05, 4.69) is 15.6 Å². The van der Waals surface area contributed by atoms with Gasteiger partial charge >= 0.3 is 0 Å². The summed E-state index contributed by atoms with van der Waals surface area (Å²) < 4.78 is 0. The van der Waals surface area contributed by atoms with Crippen molar-refractivity contribution in [3.8, 4) is 0 Å². The van der Waals surface area contributed by atoms with Crippen LogP contribution in [0.1, 0.15) is 16.1 Å². The molecular formula is C12H12N4O3S. The van der Waals surface area contributed by atoms with Gasteiger partial charge in [-0.1, -0.05) is 6.07 Å². The van der Waals surface area contributed by atoms with Gasteiger partial charge in [0.1, 0.15) is 5.69 Å². The molecule has 0 fully saturated rings. The van der Waals surface area contributed by atoms with Crippen LogP contribution in [0.2, 0.25) is 0 Å². The lowest BCUT2D eigenvalue weighted by molar-refractivity contribution is -0.384. The number of nitrogens with one attached hydrogen (secondary N) is 2. The number of hydrogen-bond donors (Lipinski definition) is 2. The molecule has 7 nitrogen and oxygen atoms in total. The van der Waals surface area contributed by atoms with Crippen LogP contribution < -0.4 is 10.6 Å². The van der Waals surface area contributed by atoms with Gasteiger partial charge in [-0.3, -0.25) is 20.2 Å². The second kappa shape index (κ2) is 5.66. The first-order chi connectivity index (χ1) is 9.52. The summed E-state index contributed by atoms with van der Waals surface area (Å²) in [4.78, 5) is 26.7. The Hall–Kier alpha value is -2.48. The number of nitro benzene ring substituents is 1. The molecule has 0 aliphatic carbocycles. The van der Waals surface area contributed by atoms with Crippen molar-refractivity contribution in [1.29, 1.82) is 0 Å². The molecular weight excluding hydrogens is 280 g/mol. The molecule has 0 atom stereocenters. The molecule has 0 spiro atoms. The molecule has 1 aromatic carbocycles. The van der Waals surface area contributed by atoms with Crippen molar-refractivity contribution in [2.45, 2.75) is 6.92 Å². The number of benzene rings is 1. The predicted molar refractivity (Wildman–Crippen MR) is 77.4 cm³/mol. The largest absolute Gasteiger partial charge is 0.382 e. The van der Waals surface area contributed by atoms with Crippen molar-refractivity contribution in [3.05, 3.63) is 45.0 Å². The van der Waals surface area contributed by atoms with E-state index in [0.29, 0.717) is 5.13 Å². The molecule has 20 heavy (non-hydrogen) atoms. The molecule has 104 valence electrons. The second-order valence-electron chi connectivity index (χ2n) is 3.95. The molecule has 2 rings (SSSR count). The van der Waals surface area contributed by atoms with E-state index in [1.54, 1.807) is 0 Å². The van der Waals surface area contributed by atoms with E-state index in [1.807, 2.05) is 12.3 Å². The van der Waals surface area contributed by atoms with Crippen LogP contribution in [0.25, 0.3) is 0 Å². The molecule has 0 saturated heterocycles. The zero-order valence-electron chi connectivity index (χ0n) is 10.8. The molecule has 2 N–H and O–H groups in total. The molecule has 0 aliphatic heterocycles. The smallest absolute Gasteiger partial charge is 0.293 e. The molecule has 1 aromatic heterocycles. The summed E-state index contributed by atoms with van der Waals surface area (Å²) in [6, 6.07) is 4.34. The number of hydrogen-bond acceptors (Lipinski definition) is 6. The number of carbonyl (C=O) groups is 1. The number of nitro groups is 1. The Balaban J connectivity index is 2.34. The summed E-state index contributed by atoms with van der Waals surface area (Å²) in [6.07, 6.45) is 0. The molecule has 0 aliphatic rings. The Morgan fingerprint density at radius 1 is 1.45 bits per heavy atom. The molecule has 2 aromatic rings. The van der Waals surface area contributed by atoms with E-state index in [0.717, 1.165) is 5.69 Å². The Morgan fingerprint density at radius 3 is 2.75 bits per heavy atom. The van der Waals surface area contributed by atoms with Crippen LogP contribution in [0.3, 0.4) is 0 Å². The minimum atomic E-state index is -0.532. The van der Waals surface area contributed by atoms with Crippen LogP contribution in [0, 0.1) is 17.0 Å².